The molecule has 2 rings (SSSR count). The maximum Gasteiger partial charge on any atom is 0.337 e. The van der Waals surface area contributed by atoms with Gasteiger partial charge in [0.05, 0.1) is 5.56 Å². The number of hydrogen-bond donors (Lipinski definition) is 2. The minimum atomic E-state index is -0.857. The van der Waals surface area contributed by atoms with Crippen molar-refractivity contribution in [2.75, 3.05) is 11.9 Å². The van der Waals surface area contributed by atoms with Crippen LogP contribution in [-0.4, -0.2) is 17.6 Å². The third-order valence-electron chi connectivity index (χ3n) is 3.71. The molecule has 0 radical (unpaired) electrons. The van der Waals surface area contributed by atoms with E-state index < -0.39 is 5.97 Å². The number of hydrogen-bond acceptors (Lipinski definition) is 2. The van der Waals surface area contributed by atoms with Crippen LogP contribution >= 0.6 is 0 Å². The molecule has 0 amide bonds. The molecule has 0 heterocycles. The van der Waals surface area contributed by atoms with Gasteiger partial charge in [-0.3, -0.25) is 0 Å². The molecule has 1 aliphatic rings. The van der Waals surface area contributed by atoms with Gasteiger partial charge in [0.2, 0.25) is 0 Å². The summed E-state index contributed by atoms with van der Waals surface area (Å²) in [5, 5.41) is 12.5. The first-order chi connectivity index (χ1) is 8.66. The van der Waals surface area contributed by atoms with Gasteiger partial charge in [-0.2, -0.15) is 0 Å². The highest BCUT2D eigenvalue weighted by Crippen LogP contribution is 2.25. The predicted octanol–water partition coefficient (Wildman–Crippen LogP) is 3.69. The molecule has 1 aliphatic carbocycles. The van der Waals surface area contributed by atoms with Gasteiger partial charge in [0, 0.05) is 12.2 Å². The van der Waals surface area contributed by atoms with E-state index in [2.05, 4.69) is 5.32 Å². The first kappa shape index (κ1) is 12.9. The quantitative estimate of drug-likeness (QED) is 0.853. The molecule has 3 heteroatoms. The summed E-state index contributed by atoms with van der Waals surface area (Å²) in [5.74, 6) is -0.161. The van der Waals surface area contributed by atoms with E-state index in [9.17, 15) is 9.90 Å². The molecule has 18 heavy (non-hydrogen) atoms. The Kier molecular flexibility index (Phi) is 4.24. The molecule has 98 valence electrons. The van der Waals surface area contributed by atoms with E-state index in [1.54, 1.807) is 6.07 Å². The molecule has 2 N–H and O–H groups in total. The number of aryl methyl sites for hydroxylation is 1. The van der Waals surface area contributed by atoms with Crippen LogP contribution in [-0.2, 0) is 0 Å². The molecule has 1 fully saturated rings. The van der Waals surface area contributed by atoms with Crippen molar-refractivity contribution < 1.29 is 9.90 Å². The van der Waals surface area contributed by atoms with Crippen molar-refractivity contribution >= 4 is 11.7 Å². The minimum Gasteiger partial charge on any atom is -0.478 e. The van der Waals surface area contributed by atoms with Crippen LogP contribution in [0.25, 0.3) is 0 Å². The summed E-state index contributed by atoms with van der Waals surface area (Å²) in [7, 11) is 0. The van der Waals surface area contributed by atoms with E-state index in [1.165, 1.54) is 32.1 Å². The molecule has 0 bridgehead atoms. The summed E-state index contributed by atoms with van der Waals surface area (Å²) < 4.78 is 0. The molecular weight excluding hydrogens is 226 g/mol. The number of nitrogens with one attached hydrogen (secondary N) is 1. The number of carboxylic acids is 1. The Balaban J connectivity index is 2.01. The summed E-state index contributed by atoms with van der Waals surface area (Å²) in [4.78, 5) is 11.2. The largest absolute Gasteiger partial charge is 0.478 e. The highest BCUT2D eigenvalue weighted by molar-refractivity contribution is 5.94. The average Bonchev–Trinajstić information content (AvgIpc) is 2.38. The van der Waals surface area contributed by atoms with Gasteiger partial charge in [0.1, 0.15) is 0 Å². The van der Waals surface area contributed by atoms with Crippen LogP contribution in [0.15, 0.2) is 18.2 Å². The van der Waals surface area contributed by atoms with Crippen molar-refractivity contribution in [3.63, 3.8) is 0 Å². The second-order valence-electron chi connectivity index (χ2n) is 5.24. The molecule has 0 unspecified atom stereocenters. The fraction of sp³-hybridized carbons (Fsp3) is 0.533. The van der Waals surface area contributed by atoms with E-state index in [1.807, 2.05) is 19.1 Å². The zero-order chi connectivity index (χ0) is 13.0. The van der Waals surface area contributed by atoms with Crippen molar-refractivity contribution in [3.8, 4) is 0 Å². The third kappa shape index (κ3) is 3.25. The zero-order valence-corrected chi connectivity index (χ0v) is 10.9. The van der Waals surface area contributed by atoms with Gasteiger partial charge >= 0.3 is 5.97 Å². The summed E-state index contributed by atoms with van der Waals surface area (Å²) in [5.41, 5.74) is 2.11. The van der Waals surface area contributed by atoms with Gasteiger partial charge in [-0.15, -0.1) is 0 Å². The van der Waals surface area contributed by atoms with Crippen molar-refractivity contribution in [1.29, 1.82) is 0 Å². The Bertz CT molecular complexity index is 423. The van der Waals surface area contributed by atoms with Gasteiger partial charge < -0.3 is 10.4 Å². The normalized spacial score (nSPS) is 16.5. The van der Waals surface area contributed by atoms with Crippen LogP contribution in [0.1, 0.15) is 48.0 Å². The fourth-order valence-electron chi connectivity index (χ4n) is 2.63. The molecule has 0 aliphatic heterocycles. The lowest BCUT2D eigenvalue weighted by Gasteiger charge is -2.22. The van der Waals surface area contributed by atoms with Crippen LogP contribution in [0.3, 0.4) is 0 Å². The summed E-state index contributed by atoms with van der Waals surface area (Å²) >= 11 is 0. The smallest absolute Gasteiger partial charge is 0.337 e. The molecule has 0 aromatic heterocycles. The van der Waals surface area contributed by atoms with Crippen LogP contribution in [0, 0.1) is 12.8 Å². The molecule has 1 aromatic carbocycles. The average molecular weight is 247 g/mol. The van der Waals surface area contributed by atoms with Crippen LogP contribution in [0.2, 0.25) is 0 Å². The van der Waals surface area contributed by atoms with Gasteiger partial charge in [-0.05, 0) is 37.8 Å². The topological polar surface area (TPSA) is 49.3 Å². The second-order valence-corrected chi connectivity index (χ2v) is 5.24. The van der Waals surface area contributed by atoms with E-state index in [0.29, 0.717) is 11.5 Å². The van der Waals surface area contributed by atoms with E-state index in [4.69, 9.17) is 0 Å². The summed E-state index contributed by atoms with van der Waals surface area (Å²) in [6, 6.07) is 5.56. The fourth-order valence-corrected chi connectivity index (χ4v) is 2.63. The number of carboxylic acid groups (broad SMARTS) is 1. The highest BCUT2D eigenvalue weighted by atomic mass is 16.4. The van der Waals surface area contributed by atoms with E-state index in [0.717, 1.165) is 17.8 Å². The number of carbonyl (C=O) groups is 1. The van der Waals surface area contributed by atoms with Crippen molar-refractivity contribution in [1.82, 2.24) is 0 Å². The van der Waals surface area contributed by atoms with Gasteiger partial charge in [-0.25, -0.2) is 4.79 Å². The van der Waals surface area contributed by atoms with Gasteiger partial charge in [-0.1, -0.05) is 30.9 Å². The molecule has 0 spiro atoms. The lowest BCUT2D eigenvalue weighted by molar-refractivity contribution is 0.0698. The Morgan fingerprint density at radius 1 is 1.33 bits per heavy atom. The number of benzene rings is 1. The Morgan fingerprint density at radius 2 is 2.06 bits per heavy atom. The Hall–Kier alpha value is -1.51. The molecule has 1 saturated carbocycles. The lowest BCUT2D eigenvalue weighted by Crippen LogP contribution is -2.18. The molecular formula is C15H21NO2. The van der Waals surface area contributed by atoms with Crippen molar-refractivity contribution in [2.45, 2.75) is 39.0 Å². The Labute approximate surface area is 108 Å². The SMILES string of the molecule is Cc1ccc(NCC2CCCCC2)c(C(=O)O)c1. The first-order valence-electron chi connectivity index (χ1n) is 6.74. The van der Waals surface area contributed by atoms with Crippen molar-refractivity contribution in [3.05, 3.63) is 29.3 Å². The number of aromatic carboxylic acids is 1. The molecule has 0 saturated heterocycles. The first-order valence-corrected chi connectivity index (χ1v) is 6.74. The Morgan fingerprint density at radius 3 is 2.72 bits per heavy atom. The maximum atomic E-state index is 11.2. The van der Waals surface area contributed by atoms with Gasteiger partial charge in [0.25, 0.3) is 0 Å². The van der Waals surface area contributed by atoms with Crippen LogP contribution < -0.4 is 5.32 Å². The molecule has 1 aromatic rings. The number of rotatable bonds is 4. The zero-order valence-electron chi connectivity index (χ0n) is 10.9. The van der Waals surface area contributed by atoms with E-state index in [-0.39, 0.29) is 0 Å². The van der Waals surface area contributed by atoms with E-state index >= 15 is 0 Å². The second kappa shape index (κ2) is 5.89. The van der Waals surface area contributed by atoms with Crippen LogP contribution in [0.5, 0.6) is 0 Å². The lowest BCUT2D eigenvalue weighted by atomic mass is 9.89. The third-order valence-corrected chi connectivity index (χ3v) is 3.71. The monoisotopic (exact) mass is 247 g/mol. The van der Waals surface area contributed by atoms with Crippen LogP contribution in [0.4, 0.5) is 5.69 Å². The molecule has 0 atom stereocenters. The van der Waals surface area contributed by atoms with Crippen molar-refractivity contribution in [2.24, 2.45) is 5.92 Å². The summed E-state index contributed by atoms with van der Waals surface area (Å²) in [6.07, 6.45) is 6.50. The highest BCUT2D eigenvalue weighted by Gasteiger charge is 2.15. The molecule has 3 nitrogen and oxygen atoms in total. The standard InChI is InChI=1S/C15H21NO2/c1-11-7-8-14(13(9-11)15(17)18)16-10-12-5-3-2-4-6-12/h7-9,12,16H,2-6,10H2,1H3,(H,17,18). The van der Waals surface area contributed by atoms with Gasteiger partial charge in [0.15, 0.2) is 0 Å². The number of anilines is 1. The maximum absolute atomic E-state index is 11.2. The minimum absolute atomic E-state index is 0.380. The predicted molar refractivity (Wildman–Crippen MR) is 73.2 cm³/mol. The summed E-state index contributed by atoms with van der Waals surface area (Å²) in [6.45, 7) is 2.81.